The molecule has 1 heterocycles. The maximum Gasteiger partial charge on any atom is 0.422 e. The number of carbonyl (C=O) groups is 1. The van der Waals surface area contributed by atoms with E-state index in [1.807, 2.05) is 0 Å². The molecule has 1 aliphatic rings. The Labute approximate surface area is 115 Å². The van der Waals surface area contributed by atoms with E-state index in [0.717, 1.165) is 6.26 Å². The summed E-state index contributed by atoms with van der Waals surface area (Å²) >= 11 is 0. The molecule has 0 radical (unpaired) electrons. The number of alkyl halides is 3. The Morgan fingerprint density at radius 2 is 2.10 bits per heavy atom. The van der Waals surface area contributed by atoms with Crippen LogP contribution in [-0.4, -0.2) is 58.1 Å². The Morgan fingerprint density at radius 3 is 2.65 bits per heavy atom. The zero-order chi connectivity index (χ0) is 15.4. The molecular formula is C10H17F3N2O4S. The highest BCUT2D eigenvalue weighted by molar-refractivity contribution is 7.88. The Bertz CT molecular complexity index is 438. The number of piperidine rings is 1. The number of rotatable bonds is 4. The second-order valence-corrected chi connectivity index (χ2v) is 6.58. The van der Waals surface area contributed by atoms with Gasteiger partial charge in [-0.3, -0.25) is 0 Å². The summed E-state index contributed by atoms with van der Waals surface area (Å²) in [5, 5.41) is 0. The molecule has 1 aliphatic heterocycles. The van der Waals surface area contributed by atoms with Gasteiger partial charge in [0.25, 0.3) is 0 Å². The zero-order valence-corrected chi connectivity index (χ0v) is 11.8. The van der Waals surface area contributed by atoms with Crippen LogP contribution in [0.25, 0.3) is 0 Å². The van der Waals surface area contributed by atoms with Crippen molar-refractivity contribution in [2.45, 2.75) is 19.0 Å². The van der Waals surface area contributed by atoms with Crippen LogP contribution < -0.4 is 4.72 Å². The molecule has 0 bridgehead atoms. The molecule has 0 spiro atoms. The van der Waals surface area contributed by atoms with E-state index in [1.165, 1.54) is 4.90 Å². The predicted octanol–water partition coefficient (Wildman–Crippen LogP) is 0.946. The summed E-state index contributed by atoms with van der Waals surface area (Å²) in [5.41, 5.74) is 0. The second kappa shape index (κ2) is 6.61. The van der Waals surface area contributed by atoms with Gasteiger partial charge in [-0.05, 0) is 18.8 Å². The van der Waals surface area contributed by atoms with E-state index in [0.29, 0.717) is 19.4 Å². The maximum atomic E-state index is 11.9. The van der Waals surface area contributed by atoms with Crippen molar-refractivity contribution in [1.29, 1.82) is 0 Å². The predicted molar refractivity (Wildman–Crippen MR) is 64.5 cm³/mol. The number of amides is 1. The number of carbonyl (C=O) groups excluding carboxylic acids is 1. The molecule has 118 valence electrons. The lowest BCUT2D eigenvalue weighted by Gasteiger charge is -2.32. The van der Waals surface area contributed by atoms with Crippen LogP contribution in [0.5, 0.6) is 0 Å². The standard InChI is InChI=1S/C10H17F3N2O4S/c1-20(17,18)14-5-8-3-2-4-15(6-8)9(16)19-7-10(11,12)13/h8,14H,2-7H2,1H3. The summed E-state index contributed by atoms with van der Waals surface area (Å²) in [4.78, 5) is 12.6. The van der Waals surface area contributed by atoms with E-state index in [2.05, 4.69) is 9.46 Å². The third kappa shape index (κ3) is 6.94. The van der Waals surface area contributed by atoms with E-state index >= 15 is 0 Å². The van der Waals surface area contributed by atoms with Crippen molar-refractivity contribution >= 4 is 16.1 Å². The Balaban J connectivity index is 2.42. The van der Waals surface area contributed by atoms with Gasteiger partial charge in [-0.15, -0.1) is 0 Å². The fourth-order valence-corrected chi connectivity index (χ4v) is 2.44. The molecule has 1 saturated heterocycles. The van der Waals surface area contributed by atoms with Crippen LogP contribution in [0.2, 0.25) is 0 Å². The minimum Gasteiger partial charge on any atom is -0.440 e. The molecule has 1 N–H and O–H groups in total. The fourth-order valence-electron chi connectivity index (χ4n) is 1.90. The number of sulfonamides is 1. The first-order valence-electron chi connectivity index (χ1n) is 6.00. The number of ether oxygens (including phenoxy) is 1. The highest BCUT2D eigenvalue weighted by Gasteiger charge is 2.32. The van der Waals surface area contributed by atoms with Crippen LogP contribution in [0, 0.1) is 5.92 Å². The lowest BCUT2D eigenvalue weighted by Crippen LogP contribution is -2.44. The lowest BCUT2D eigenvalue weighted by atomic mass is 9.99. The molecule has 0 aliphatic carbocycles. The number of hydrogen-bond acceptors (Lipinski definition) is 4. The van der Waals surface area contributed by atoms with Gasteiger partial charge in [0, 0.05) is 19.6 Å². The molecule has 0 saturated carbocycles. The highest BCUT2D eigenvalue weighted by Crippen LogP contribution is 2.19. The van der Waals surface area contributed by atoms with Crippen molar-refractivity contribution in [2.75, 3.05) is 32.5 Å². The van der Waals surface area contributed by atoms with Gasteiger partial charge >= 0.3 is 12.3 Å². The normalized spacial score (nSPS) is 20.8. The molecule has 1 amide bonds. The molecule has 1 atom stereocenters. The van der Waals surface area contributed by atoms with Gasteiger partial charge in [0.2, 0.25) is 10.0 Å². The summed E-state index contributed by atoms with van der Waals surface area (Å²) in [6.45, 7) is -0.970. The largest absolute Gasteiger partial charge is 0.440 e. The maximum absolute atomic E-state index is 11.9. The summed E-state index contributed by atoms with van der Waals surface area (Å²) in [6, 6.07) is 0. The molecule has 10 heteroatoms. The first-order chi connectivity index (χ1) is 9.07. The number of nitrogens with zero attached hydrogens (tertiary/aromatic N) is 1. The third-order valence-electron chi connectivity index (χ3n) is 2.77. The summed E-state index contributed by atoms with van der Waals surface area (Å²) in [6.07, 6.45) is -3.26. The number of nitrogens with one attached hydrogen (secondary N) is 1. The molecule has 20 heavy (non-hydrogen) atoms. The van der Waals surface area contributed by atoms with Gasteiger partial charge in [-0.25, -0.2) is 17.9 Å². The molecule has 1 unspecified atom stereocenters. The van der Waals surface area contributed by atoms with Crippen LogP contribution in [0.4, 0.5) is 18.0 Å². The molecule has 1 rings (SSSR count). The fraction of sp³-hybridized carbons (Fsp3) is 0.900. The smallest absolute Gasteiger partial charge is 0.422 e. The monoisotopic (exact) mass is 318 g/mol. The minimum atomic E-state index is -4.55. The Kier molecular flexibility index (Phi) is 5.63. The van der Waals surface area contributed by atoms with Crippen molar-refractivity contribution < 1.29 is 31.1 Å². The number of hydrogen-bond donors (Lipinski definition) is 1. The van der Waals surface area contributed by atoms with Crippen LogP contribution in [0.15, 0.2) is 0 Å². The molecule has 0 aromatic heterocycles. The Morgan fingerprint density at radius 1 is 1.45 bits per heavy atom. The quantitative estimate of drug-likeness (QED) is 0.837. The number of halogens is 3. The van der Waals surface area contributed by atoms with Gasteiger partial charge < -0.3 is 9.64 Å². The zero-order valence-electron chi connectivity index (χ0n) is 10.9. The average Bonchev–Trinajstić information content (AvgIpc) is 2.32. The van der Waals surface area contributed by atoms with Crippen molar-refractivity contribution in [3.05, 3.63) is 0 Å². The van der Waals surface area contributed by atoms with Crippen LogP contribution in [-0.2, 0) is 14.8 Å². The summed E-state index contributed by atoms with van der Waals surface area (Å²) in [7, 11) is -3.32. The number of likely N-dealkylation sites (tertiary alicyclic amines) is 1. The second-order valence-electron chi connectivity index (χ2n) is 4.74. The third-order valence-corrected chi connectivity index (χ3v) is 3.46. The van der Waals surface area contributed by atoms with E-state index < -0.39 is 28.9 Å². The first-order valence-corrected chi connectivity index (χ1v) is 7.89. The van der Waals surface area contributed by atoms with E-state index in [9.17, 15) is 26.4 Å². The molecule has 0 aromatic carbocycles. The van der Waals surface area contributed by atoms with Crippen molar-refractivity contribution in [1.82, 2.24) is 9.62 Å². The van der Waals surface area contributed by atoms with Crippen molar-refractivity contribution in [3.8, 4) is 0 Å². The summed E-state index contributed by atoms with van der Waals surface area (Å²) in [5.74, 6) is -0.128. The van der Waals surface area contributed by atoms with E-state index in [4.69, 9.17) is 0 Å². The van der Waals surface area contributed by atoms with Gasteiger partial charge in [0.05, 0.1) is 6.26 Å². The molecular weight excluding hydrogens is 301 g/mol. The first kappa shape index (κ1) is 17.0. The lowest BCUT2D eigenvalue weighted by molar-refractivity contribution is -0.162. The SMILES string of the molecule is CS(=O)(=O)NCC1CCCN(C(=O)OCC(F)(F)F)C1. The van der Waals surface area contributed by atoms with Gasteiger partial charge in [0.1, 0.15) is 0 Å². The van der Waals surface area contributed by atoms with E-state index in [1.54, 1.807) is 0 Å². The molecule has 6 nitrogen and oxygen atoms in total. The molecule has 0 aromatic rings. The van der Waals surface area contributed by atoms with Crippen molar-refractivity contribution in [3.63, 3.8) is 0 Å². The van der Waals surface area contributed by atoms with Gasteiger partial charge in [-0.2, -0.15) is 13.2 Å². The summed E-state index contributed by atoms with van der Waals surface area (Å²) < 4.78 is 64.2. The Hall–Kier alpha value is -1.03. The minimum absolute atomic E-state index is 0.128. The topological polar surface area (TPSA) is 75.7 Å². The molecule has 1 fully saturated rings. The highest BCUT2D eigenvalue weighted by atomic mass is 32.2. The van der Waals surface area contributed by atoms with Gasteiger partial charge in [-0.1, -0.05) is 0 Å². The average molecular weight is 318 g/mol. The van der Waals surface area contributed by atoms with Crippen LogP contribution in [0.1, 0.15) is 12.8 Å². The van der Waals surface area contributed by atoms with Gasteiger partial charge in [0.15, 0.2) is 6.61 Å². The van der Waals surface area contributed by atoms with Crippen LogP contribution >= 0.6 is 0 Å². The van der Waals surface area contributed by atoms with E-state index in [-0.39, 0.29) is 19.0 Å². The van der Waals surface area contributed by atoms with Crippen LogP contribution in [0.3, 0.4) is 0 Å². The van der Waals surface area contributed by atoms with Crippen molar-refractivity contribution in [2.24, 2.45) is 5.92 Å².